The molecule has 0 saturated heterocycles. The van der Waals surface area contributed by atoms with Crippen LogP contribution in [0.1, 0.15) is 19.4 Å². The minimum absolute atomic E-state index is 0.588. The van der Waals surface area contributed by atoms with Crippen LogP contribution in [-0.2, 0) is 6.42 Å². The zero-order valence-corrected chi connectivity index (χ0v) is 12.1. The Balaban J connectivity index is 1.91. The van der Waals surface area contributed by atoms with Crippen molar-refractivity contribution in [2.45, 2.75) is 20.3 Å². The van der Waals surface area contributed by atoms with E-state index in [4.69, 9.17) is 0 Å². The first-order valence-corrected chi connectivity index (χ1v) is 7.06. The molecule has 0 radical (unpaired) electrons. The Morgan fingerprint density at radius 1 is 1.10 bits per heavy atom. The lowest BCUT2D eigenvalue weighted by atomic mass is 10.1. The second-order valence-electron chi connectivity index (χ2n) is 4.47. The summed E-state index contributed by atoms with van der Waals surface area (Å²) in [5, 5.41) is 11.3. The Labute approximate surface area is 120 Å². The van der Waals surface area contributed by atoms with E-state index in [1.165, 1.54) is 5.56 Å². The van der Waals surface area contributed by atoms with Crippen LogP contribution in [-0.4, -0.2) is 34.8 Å². The van der Waals surface area contributed by atoms with Crippen molar-refractivity contribution in [3.63, 3.8) is 0 Å². The second kappa shape index (κ2) is 7.43. The van der Waals surface area contributed by atoms with Gasteiger partial charge in [-0.3, -0.25) is 0 Å². The predicted octanol–water partition coefficient (Wildman–Crippen LogP) is 2.37. The Hall–Kier alpha value is -2.17. The van der Waals surface area contributed by atoms with E-state index >= 15 is 0 Å². The second-order valence-corrected chi connectivity index (χ2v) is 4.47. The molecule has 2 rings (SSSR count). The highest BCUT2D eigenvalue weighted by atomic mass is 15.3. The summed E-state index contributed by atoms with van der Waals surface area (Å²) < 4.78 is 0. The van der Waals surface area contributed by atoms with Crippen molar-refractivity contribution >= 4 is 11.8 Å². The van der Waals surface area contributed by atoms with E-state index in [0.29, 0.717) is 5.95 Å². The summed E-state index contributed by atoms with van der Waals surface area (Å²) in [6.07, 6.45) is 2.65. The summed E-state index contributed by atoms with van der Waals surface area (Å²) in [7, 11) is 0. The first kappa shape index (κ1) is 14.2. The quantitative estimate of drug-likeness (QED) is 0.838. The fraction of sp³-hybridized carbons (Fsp3) is 0.400. The van der Waals surface area contributed by atoms with Crippen LogP contribution in [0.15, 0.2) is 36.5 Å². The highest BCUT2D eigenvalue weighted by Crippen LogP contribution is 2.10. The highest BCUT2D eigenvalue weighted by Gasteiger charge is 2.05. The molecule has 0 atom stereocenters. The monoisotopic (exact) mass is 271 g/mol. The molecule has 1 heterocycles. The first-order chi connectivity index (χ1) is 9.83. The summed E-state index contributed by atoms with van der Waals surface area (Å²) in [6.45, 7) is 6.84. The third-order valence-electron chi connectivity index (χ3n) is 3.17. The molecule has 1 N–H and O–H groups in total. The lowest BCUT2D eigenvalue weighted by molar-refractivity contribution is 0.821. The van der Waals surface area contributed by atoms with Crippen LogP contribution in [0.2, 0.25) is 0 Å². The lowest BCUT2D eigenvalue weighted by Gasteiger charge is -2.19. The number of aromatic nitrogens is 3. The van der Waals surface area contributed by atoms with Gasteiger partial charge in [0.25, 0.3) is 0 Å². The van der Waals surface area contributed by atoms with Crippen molar-refractivity contribution in [2.24, 2.45) is 0 Å². The van der Waals surface area contributed by atoms with Gasteiger partial charge >= 0.3 is 0 Å². The Morgan fingerprint density at radius 3 is 2.55 bits per heavy atom. The van der Waals surface area contributed by atoms with Crippen molar-refractivity contribution in [2.75, 3.05) is 29.9 Å². The van der Waals surface area contributed by atoms with Gasteiger partial charge in [0.15, 0.2) is 5.82 Å². The fourth-order valence-corrected chi connectivity index (χ4v) is 2.03. The summed E-state index contributed by atoms with van der Waals surface area (Å²) >= 11 is 0. The number of anilines is 2. The van der Waals surface area contributed by atoms with E-state index < -0.39 is 0 Å². The fourth-order valence-electron chi connectivity index (χ4n) is 2.03. The molecule has 0 spiro atoms. The third-order valence-corrected chi connectivity index (χ3v) is 3.17. The Bertz CT molecular complexity index is 511. The molecule has 20 heavy (non-hydrogen) atoms. The molecule has 2 aromatic rings. The highest BCUT2D eigenvalue weighted by molar-refractivity contribution is 5.39. The van der Waals surface area contributed by atoms with E-state index in [1.807, 2.05) is 18.2 Å². The molecular formula is C15H21N5. The molecule has 0 fully saturated rings. The van der Waals surface area contributed by atoms with Gasteiger partial charge in [0, 0.05) is 19.6 Å². The van der Waals surface area contributed by atoms with Crippen molar-refractivity contribution in [3.05, 3.63) is 42.1 Å². The van der Waals surface area contributed by atoms with Gasteiger partial charge in [-0.2, -0.15) is 10.1 Å². The molecule has 106 valence electrons. The van der Waals surface area contributed by atoms with Crippen LogP contribution in [0.25, 0.3) is 0 Å². The average Bonchev–Trinajstić information content (AvgIpc) is 2.50. The number of hydrogen-bond donors (Lipinski definition) is 1. The van der Waals surface area contributed by atoms with Crippen molar-refractivity contribution in [3.8, 4) is 0 Å². The van der Waals surface area contributed by atoms with Crippen LogP contribution < -0.4 is 10.2 Å². The summed E-state index contributed by atoms with van der Waals surface area (Å²) in [5.41, 5.74) is 1.30. The molecule has 0 aliphatic heterocycles. The molecule has 0 aliphatic carbocycles. The molecule has 0 amide bonds. The van der Waals surface area contributed by atoms with E-state index in [1.54, 1.807) is 6.20 Å². The minimum Gasteiger partial charge on any atom is -0.356 e. The van der Waals surface area contributed by atoms with Gasteiger partial charge in [-0.15, -0.1) is 5.10 Å². The van der Waals surface area contributed by atoms with Gasteiger partial charge in [-0.25, -0.2) is 0 Å². The summed E-state index contributed by atoms with van der Waals surface area (Å²) in [6, 6.07) is 10.4. The molecule has 0 unspecified atom stereocenters. The topological polar surface area (TPSA) is 53.9 Å². The normalized spacial score (nSPS) is 10.3. The molecule has 0 aliphatic rings. The lowest BCUT2D eigenvalue weighted by Crippen LogP contribution is -2.24. The maximum absolute atomic E-state index is 4.49. The van der Waals surface area contributed by atoms with Crippen molar-refractivity contribution in [1.29, 1.82) is 0 Å². The molecule has 5 nitrogen and oxygen atoms in total. The van der Waals surface area contributed by atoms with Gasteiger partial charge < -0.3 is 10.2 Å². The Kier molecular flexibility index (Phi) is 5.29. The van der Waals surface area contributed by atoms with Gasteiger partial charge in [-0.1, -0.05) is 30.3 Å². The smallest absolute Gasteiger partial charge is 0.244 e. The SMILES string of the molecule is CCN(CC)c1cnnc(NCCc2ccccc2)n1. The predicted molar refractivity (Wildman–Crippen MR) is 82.0 cm³/mol. The van der Waals surface area contributed by atoms with Crippen molar-refractivity contribution in [1.82, 2.24) is 15.2 Å². The van der Waals surface area contributed by atoms with Gasteiger partial charge in [0.1, 0.15) is 0 Å². The van der Waals surface area contributed by atoms with Gasteiger partial charge in [-0.05, 0) is 25.8 Å². The molecule has 0 bridgehead atoms. The largest absolute Gasteiger partial charge is 0.356 e. The van der Waals surface area contributed by atoms with E-state index in [9.17, 15) is 0 Å². The van der Waals surface area contributed by atoms with E-state index in [-0.39, 0.29) is 0 Å². The Morgan fingerprint density at radius 2 is 1.85 bits per heavy atom. The maximum Gasteiger partial charge on any atom is 0.244 e. The molecular weight excluding hydrogens is 250 g/mol. The molecule has 0 saturated carbocycles. The van der Waals surface area contributed by atoms with Crippen LogP contribution >= 0.6 is 0 Å². The molecule has 1 aromatic heterocycles. The van der Waals surface area contributed by atoms with Crippen LogP contribution in [0.3, 0.4) is 0 Å². The van der Waals surface area contributed by atoms with Crippen LogP contribution in [0.5, 0.6) is 0 Å². The molecule has 1 aromatic carbocycles. The zero-order valence-electron chi connectivity index (χ0n) is 12.1. The first-order valence-electron chi connectivity index (χ1n) is 7.06. The standard InChI is InChI=1S/C15H21N5/c1-3-20(4-2)14-12-17-19-15(18-14)16-11-10-13-8-6-5-7-9-13/h5-9,12H,3-4,10-11H2,1-2H3,(H,16,18,19). The summed E-state index contributed by atoms with van der Waals surface area (Å²) in [5.74, 6) is 1.46. The summed E-state index contributed by atoms with van der Waals surface area (Å²) in [4.78, 5) is 6.64. The van der Waals surface area contributed by atoms with Crippen LogP contribution in [0, 0.1) is 0 Å². The number of hydrogen-bond acceptors (Lipinski definition) is 5. The average molecular weight is 271 g/mol. The number of benzene rings is 1. The van der Waals surface area contributed by atoms with Crippen LogP contribution in [0.4, 0.5) is 11.8 Å². The minimum atomic E-state index is 0.588. The number of nitrogens with zero attached hydrogens (tertiary/aromatic N) is 4. The van der Waals surface area contributed by atoms with E-state index in [0.717, 1.165) is 31.9 Å². The van der Waals surface area contributed by atoms with E-state index in [2.05, 4.69) is 51.4 Å². The maximum atomic E-state index is 4.49. The van der Waals surface area contributed by atoms with Gasteiger partial charge in [0.05, 0.1) is 6.20 Å². The number of nitrogens with one attached hydrogen (secondary N) is 1. The zero-order chi connectivity index (χ0) is 14.2. The van der Waals surface area contributed by atoms with Crippen molar-refractivity contribution < 1.29 is 0 Å². The number of rotatable bonds is 7. The molecule has 5 heteroatoms. The van der Waals surface area contributed by atoms with Gasteiger partial charge in [0.2, 0.25) is 5.95 Å². The third kappa shape index (κ3) is 3.91.